The van der Waals surface area contributed by atoms with Crippen molar-refractivity contribution in [2.24, 2.45) is 7.05 Å². The third kappa shape index (κ3) is 8.23. The lowest BCUT2D eigenvalue weighted by Gasteiger charge is -2.23. The van der Waals surface area contributed by atoms with Crippen molar-refractivity contribution in [1.29, 1.82) is 0 Å². The highest BCUT2D eigenvalue weighted by Crippen LogP contribution is 2.40. The molecule has 1 amide bonds. The maximum atomic E-state index is 14.5. The van der Waals surface area contributed by atoms with E-state index in [0.717, 1.165) is 24.5 Å². The quantitative estimate of drug-likeness (QED) is 0.128. The van der Waals surface area contributed by atoms with Gasteiger partial charge in [0, 0.05) is 41.3 Å². The van der Waals surface area contributed by atoms with Crippen molar-refractivity contribution in [2.45, 2.75) is 38.3 Å². The van der Waals surface area contributed by atoms with Gasteiger partial charge in [-0.05, 0) is 85.8 Å². The summed E-state index contributed by atoms with van der Waals surface area (Å²) in [5.74, 6) is 2.93. The van der Waals surface area contributed by atoms with Gasteiger partial charge < -0.3 is 15.4 Å². The molecule has 3 heterocycles. The average molecular weight is 749 g/mol. The number of pyridine rings is 1. The normalized spacial score (nSPS) is 12.5. The standard InChI is InChI=1S/C37H32ClF3N6O4S/c1-37(2,49)12-11-25-6-7-26(27-8-9-29(38)33-35(27)47(3)45-36(33)46-52(4,50)51)34(43-25)31(15-20-13-23(40)17-24(41)14-20)44-32(48)16-21-19-42-30-10-5-22(39)18-28(21)30/h5-10,13-14,17-19,31,42,49H,15-16H2,1-4H3,(H,44,48)(H,45,46). The molecule has 0 aliphatic rings. The Morgan fingerprint density at radius 1 is 1.04 bits per heavy atom. The molecule has 0 fully saturated rings. The first-order chi connectivity index (χ1) is 24.4. The zero-order valence-electron chi connectivity index (χ0n) is 28.3. The topological polar surface area (TPSA) is 142 Å². The van der Waals surface area contributed by atoms with Gasteiger partial charge in [0.15, 0.2) is 5.82 Å². The van der Waals surface area contributed by atoms with Gasteiger partial charge in [-0.1, -0.05) is 23.6 Å². The summed E-state index contributed by atoms with van der Waals surface area (Å²) in [6.45, 7) is 3.00. The van der Waals surface area contributed by atoms with Crippen molar-refractivity contribution in [1.82, 2.24) is 25.1 Å². The molecule has 0 saturated carbocycles. The number of H-pyrrole nitrogens is 1. The lowest BCUT2D eigenvalue weighted by molar-refractivity contribution is -0.121. The fourth-order valence-corrected chi connectivity index (χ4v) is 6.73. The van der Waals surface area contributed by atoms with Gasteiger partial charge in [0.1, 0.15) is 28.7 Å². The number of halogens is 4. The van der Waals surface area contributed by atoms with Crippen LogP contribution in [0.2, 0.25) is 5.02 Å². The van der Waals surface area contributed by atoms with Crippen LogP contribution in [0.1, 0.15) is 42.4 Å². The third-order valence-electron chi connectivity index (χ3n) is 8.04. The molecule has 3 aromatic carbocycles. The SMILES string of the molecule is Cn1nc(NS(C)(=O)=O)c2c(Cl)ccc(-c3ccc(C#CC(C)(C)O)nc3C(Cc3cc(F)cc(F)c3)NC(=O)Cc3c[nH]c4ccc(F)cc34)c21. The maximum Gasteiger partial charge on any atom is 0.231 e. The molecule has 268 valence electrons. The van der Waals surface area contributed by atoms with Gasteiger partial charge in [-0.3, -0.25) is 14.2 Å². The van der Waals surface area contributed by atoms with E-state index in [1.165, 1.54) is 30.7 Å². The Balaban J connectivity index is 1.54. The van der Waals surface area contributed by atoms with E-state index in [9.17, 15) is 31.5 Å². The summed E-state index contributed by atoms with van der Waals surface area (Å²) in [5, 5.41) is 18.6. The summed E-state index contributed by atoms with van der Waals surface area (Å²) in [4.78, 5) is 21.7. The molecular formula is C37H32ClF3N6O4S. The molecule has 3 aromatic heterocycles. The number of benzene rings is 3. The number of aryl methyl sites for hydroxylation is 1. The molecule has 4 N–H and O–H groups in total. The van der Waals surface area contributed by atoms with Crippen molar-refractivity contribution in [3.8, 4) is 23.0 Å². The minimum Gasteiger partial charge on any atom is -0.378 e. The minimum absolute atomic E-state index is 0.00993. The lowest BCUT2D eigenvalue weighted by Crippen LogP contribution is -2.32. The molecule has 15 heteroatoms. The Bertz CT molecular complexity index is 2530. The largest absolute Gasteiger partial charge is 0.378 e. The number of carbonyl (C=O) groups excluding carboxylic acids is 1. The van der Waals surface area contributed by atoms with Crippen LogP contribution < -0.4 is 10.0 Å². The highest BCUT2D eigenvalue weighted by atomic mass is 35.5. The van der Waals surface area contributed by atoms with Crippen LogP contribution in [-0.2, 0) is 34.7 Å². The van der Waals surface area contributed by atoms with Crippen molar-refractivity contribution in [3.63, 3.8) is 0 Å². The van der Waals surface area contributed by atoms with E-state index in [1.54, 1.807) is 43.6 Å². The zero-order chi connectivity index (χ0) is 37.5. The highest BCUT2D eigenvalue weighted by molar-refractivity contribution is 7.92. The van der Waals surface area contributed by atoms with Crippen LogP contribution in [-0.4, -0.2) is 51.0 Å². The molecule has 1 unspecified atom stereocenters. The fourth-order valence-electron chi connectivity index (χ4n) is 5.99. The Hall–Kier alpha value is -5.36. The molecule has 0 saturated heterocycles. The van der Waals surface area contributed by atoms with Gasteiger partial charge in [-0.15, -0.1) is 0 Å². The monoisotopic (exact) mass is 748 g/mol. The van der Waals surface area contributed by atoms with E-state index in [1.807, 2.05) is 0 Å². The molecule has 6 rings (SSSR count). The van der Waals surface area contributed by atoms with E-state index in [0.29, 0.717) is 38.5 Å². The minimum atomic E-state index is -3.75. The molecular weight excluding hydrogens is 717 g/mol. The van der Waals surface area contributed by atoms with Crippen molar-refractivity contribution in [3.05, 3.63) is 112 Å². The number of nitrogens with one attached hydrogen (secondary N) is 3. The number of hydrogen-bond donors (Lipinski definition) is 4. The summed E-state index contributed by atoms with van der Waals surface area (Å²) < 4.78 is 71.3. The van der Waals surface area contributed by atoms with E-state index >= 15 is 0 Å². The lowest BCUT2D eigenvalue weighted by atomic mass is 9.93. The maximum absolute atomic E-state index is 14.5. The number of aliphatic hydroxyl groups is 1. The second-order valence-corrected chi connectivity index (χ2v) is 15.0. The van der Waals surface area contributed by atoms with Gasteiger partial charge in [0.2, 0.25) is 15.9 Å². The van der Waals surface area contributed by atoms with Gasteiger partial charge in [-0.25, -0.2) is 26.6 Å². The smallest absolute Gasteiger partial charge is 0.231 e. The Kier molecular flexibility index (Phi) is 9.80. The first-order valence-corrected chi connectivity index (χ1v) is 18.1. The predicted octanol–water partition coefficient (Wildman–Crippen LogP) is 6.32. The Morgan fingerprint density at radius 2 is 1.75 bits per heavy atom. The van der Waals surface area contributed by atoms with E-state index in [2.05, 4.69) is 32.0 Å². The fraction of sp³-hybridized carbons (Fsp3) is 0.216. The van der Waals surface area contributed by atoms with Gasteiger partial charge in [0.25, 0.3) is 0 Å². The second kappa shape index (κ2) is 14.0. The zero-order valence-corrected chi connectivity index (χ0v) is 29.8. The van der Waals surface area contributed by atoms with Crippen LogP contribution in [0.4, 0.5) is 19.0 Å². The molecule has 0 aliphatic carbocycles. The van der Waals surface area contributed by atoms with Crippen molar-refractivity contribution in [2.75, 3.05) is 11.0 Å². The number of fused-ring (bicyclic) bond motifs is 2. The van der Waals surface area contributed by atoms with Crippen molar-refractivity contribution >= 4 is 55.2 Å². The van der Waals surface area contributed by atoms with Crippen LogP contribution in [0, 0.1) is 29.3 Å². The summed E-state index contributed by atoms with van der Waals surface area (Å²) in [7, 11) is -2.15. The number of anilines is 1. The molecule has 0 aliphatic heterocycles. The third-order valence-corrected chi connectivity index (χ3v) is 8.92. The number of sulfonamides is 1. The molecule has 0 bridgehead atoms. The molecule has 0 radical (unpaired) electrons. The average Bonchev–Trinajstić information content (AvgIpc) is 3.58. The van der Waals surface area contributed by atoms with Gasteiger partial charge in [-0.2, -0.15) is 5.10 Å². The molecule has 6 aromatic rings. The van der Waals surface area contributed by atoms with Crippen LogP contribution in [0.25, 0.3) is 32.9 Å². The highest BCUT2D eigenvalue weighted by Gasteiger charge is 2.26. The Labute approximate surface area is 302 Å². The molecule has 0 spiro atoms. The number of hydrogen-bond acceptors (Lipinski definition) is 6. The number of rotatable bonds is 9. The van der Waals surface area contributed by atoms with Gasteiger partial charge in [0.05, 0.1) is 40.3 Å². The number of nitrogens with zero attached hydrogens (tertiary/aromatic N) is 3. The van der Waals surface area contributed by atoms with Crippen LogP contribution >= 0.6 is 11.6 Å². The first-order valence-electron chi connectivity index (χ1n) is 15.8. The van der Waals surface area contributed by atoms with E-state index < -0.39 is 45.0 Å². The van der Waals surface area contributed by atoms with Crippen LogP contribution in [0.3, 0.4) is 0 Å². The molecule has 52 heavy (non-hydrogen) atoms. The van der Waals surface area contributed by atoms with Crippen molar-refractivity contribution < 1.29 is 31.5 Å². The predicted molar refractivity (Wildman–Crippen MR) is 194 cm³/mol. The van der Waals surface area contributed by atoms with Crippen LogP contribution in [0.5, 0.6) is 0 Å². The van der Waals surface area contributed by atoms with E-state index in [4.69, 9.17) is 16.6 Å². The van der Waals surface area contributed by atoms with Crippen LogP contribution in [0.15, 0.2) is 66.9 Å². The number of carbonyl (C=O) groups is 1. The number of aromatic amines is 1. The number of aromatic nitrogens is 4. The summed E-state index contributed by atoms with van der Waals surface area (Å²) in [6.07, 6.45) is 2.27. The summed E-state index contributed by atoms with van der Waals surface area (Å²) >= 11 is 6.60. The molecule has 1 atom stereocenters. The van der Waals surface area contributed by atoms with E-state index in [-0.39, 0.29) is 40.6 Å². The number of amides is 1. The second-order valence-electron chi connectivity index (χ2n) is 12.9. The van der Waals surface area contributed by atoms with Gasteiger partial charge >= 0.3 is 0 Å². The summed E-state index contributed by atoms with van der Waals surface area (Å²) in [6, 6.07) is 12.7. The molecule has 10 nitrogen and oxygen atoms in total. The first kappa shape index (κ1) is 36.4. The summed E-state index contributed by atoms with van der Waals surface area (Å²) in [5.41, 5.74) is 1.76. The Morgan fingerprint density at radius 3 is 2.44 bits per heavy atom.